The summed E-state index contributed by atoms with van der Waals surface area (Å²) in [6.45, 7) is -0.982. The average Bonchev–Trinajstić information content (AvgIpc) is 4.31. The minimum absolute atomic E-state index is 0. The van der Waals surface area contributed by atoms with E-state index in [-0.39, 0.29) is 37.8 Å². The predicted molar refractivity (Wildman–Crippen MR) is 263 cm³/mol. The quantitative estimate of drug-likeness (QED) is 0.0824. The molecule has 6 aromatic rings. The number of ether oxygens (including phenoxy) is 5. The fraction of sp³-hybridized carbons (Fsp3) is 0.345. The van der Waals surface area contributed by atoms with Crippen LogP contribution < -0.4 is 29.2 Å². The van der Waals surface area contributed by atoms with E-state index in [0.29, 0.717) is 29.8 Å². The van der Waals surface area contributed by atoms with Gasteiger partial charge in [0.1, 0.15) is 23.0 Å². The fourth-order valence-electron chi connectivity index (χ4n) is 8.71. The molecule has 0 aromatic heterocycles. The number of epoxide rings is 1. The summed E-state index contributed by atoms with van der Waals surface area (Å²) in [5, 5.41) is 13.4. The van der Waals surface area contributed by atoms with Crippen molar-refractivity contribution in [1.29, 1.82) is 0 Å². The van der Waals surface area contributed by atoms with Crippen molar-refractivity contribution >= 4 is 11.4 Å². The maximum atomic E-state index is 13.5. The predicted octanol–water partition coefficient (Wildman–Crippen LogP) is 15.5. The molecular weight excluding hydrogens is 1050 g/mol. The lowest BCUT2D eigenvalue weighted by molar-refractivity contribution is -0.253. The Balaban J connectivity index is 0.000000252. The number of aliphatic hydroxyl groups is 1. The van der Waals surface area contributed by atoms with E-state index >= 15 is 0 Å². The standard InChI is InChI=1S/C27H24F7NO3.C24H21F4NO2.C3H3F3O.CH4.H2/c1-37-18-7-2-5-16(13-18)20-9-4-10-23-21(20)11-12-22(35(23)15-24(36)26(30,31)32)17-6-3-8-19(14-17)38-27(33,34)25(28)29;1-30-17-7-2-5-15(13-17)19-9-4-10-22-20(19)11-12-21(29-22)16-6-3-8-18(14-16)31-24(27,28)23(25)26;4-3(5,6)2-1-7-2;;/h2-10,13-14,22,24-25,36H,11-12,15H2,1H3;2-10,13-14,21,23,29H,11-12H2,1H3;2H,1H2;1H4;1H/t22-,24+;21-;;;/m11.../s1/i;;;;1+2T. The minimum Gasteiger partial charge on any atom is -0.497 e. The molecule has 9 rings (SSSR count). The first-order chi connectivity index (χ1) is 36.9. The maximum absolute atomic E-state index is 13.5. The minimum atomic E-state index is -4.91. The number of nitrogens with zero attached hydrogens (tertiary/aromatic N) is 1. The number of aliphatic hydroxyl groups excluding tert-OH is 1. The van der Waals surface area contributed by atoms with E-state index in [4.69, 9.17) is 12.4 Å². The van der Waals surface area contributed by atoms with Gasteiger partial charge in [0.25, 0.3) is 0 Å². The van der Waals surface area contributed by atoms with Crippen molar-refractivity contribution in [3.8, 4) is 45.3 Å². The van der Waals surface area contributed by atoms with Gasteiger partial charge in [-0.2, -0.15) is 61.5 Å². The van der Waals surface area contributed by atoms with Crippen LogP contribution in [0, 0.1) is 0 Å². The molecule has 1 fully saturated rings. The first-order valence-corrected chi connectivity index (χ1v) is 23.3. The van der Waals surface area contributed by atoms with Crippen LogP contribution in [0.25, 0.3) is 22.3 Å². The molecule has 3 aliphatic heterocycles. The summed E-state index contributed by atoms with van der Waals surface area (Å²) in [6.07, 6.45) is -28.3. The summed E-state index contributed by atoms with van der Waals surface area (Å²) in [7, 11) is 3.14. The zero-order valence-corrected chi connectivity index (χ0v) is 40.1. The lowest BCUT2D eigenvalue weighted by Gasteiger charge is -2.41. The second-order valence-electron chi connectivity index (χ2n) is 17.5. The van der Waals surface area contributed by atoms with Crippen LogP contribution in [0.4, 0.5) is 72.8 Å². The Morgan fingerprint density at radius 3 is 1.58 bits per heavy atom. The number of hydrogen-bond donors (Lipinski definition) is 2. The molecular formula is C55H54F14N2O6. The SMILES string of the molecule is C.COc1cccc(-c2cccc3c2CC[C@H](c2cccc(OC(F)(F)C(F)F)c2)N3)c1.COc1cccc(-c2cccc3c2CC[C@H](c2cccc(OC(F)(F)C(F)F)c2)N3C[C@H](O)C(F)(F)F)c1.FC(F)(F)C1CO1.[3H][3H]. The number of nitrogens with one attached hydrogen (secondary N) is 1. The summed E-state index contributed by atoms with van der Waals surface area (Å²) in [6, 6.07) is 36.0. The molecule has 0 saturated carbocycles. The van der Waals surface area contributed by atoms with Crippen molar-refractivity contribution in [2.75, 3.05) is 37.6 Å². The van der Waals surface area contributed by atoms with Gasteiger partial charge in [0.2, 0.25) is 0 Å². The third-order valence-corrected chi connectivity index (χ3v) is 12.4. The van der Waals surface area contributed by atoms with Crippen LogP contribution >= 0.6 is 0 Å². The molecule has 0 amide bonds. The number of methoxy groups -OCH3 is 2. The van der Waals surface area contributed by atoms with Gasteiger partial charge in [-0.1, -0.05) is 80.2 Å². The highest BCUT2D eigenvalue weighted by atomic mass is 19.4. The Hall–Kier alpha value is -6.94. The van der Waals surface area contributed by atoms with Crippen molar-refractivity contribution in [3.05, 3.63) is 156 Å². The Morgan fingerprint density at radius 2 is 1.09 bits per heavy atom. The van der Waals surface area contributed by atoms with Crippen LogP contribution in [0.2, 0.25) is 0 Å². The van der Waals surface area contributed by atoms with E-state index in [0.717, 1.165) is 63.4 Å². The second kappa shape index (κ2) is 24.6. The molecule has 6 aromatic carbocycles. The lowest BCUT2D eigenvalue weighted by atomic mass is 9.86. The van der Waals surface area contributed by atoms with E-state index in [9.17, 15) is 66.6 Å². The highest BCUT2D eigenvalue weighted by Crippen LogP contribution is 2.45. The number of halogens is 14. The smallest absolute Gasteiger partial charge is 0.461 e. The molecule has 77 heavy (non-hydrogen) atoms. The molecule has 418 valence electrons. The van der Waals surface area contributed by atoms with Gasteiger partial charge in [-0.05, 0) is 131 Å². The highest BCUT2D eigenvalue weighted by molar-refractivity contribution is 5.77. The first kappa shape index (κ1) is 57.8. The molecule has 3 aliphatic rings. The molecule has 1 unspecified atom stereocenters. The fourth-order valence-corrected chi connectivity index (χ4v) is 8.71. The Bertz CT molecular complexity index is 2910. The van der Waals surface area contributed by atoms with E-state index in [2.05, 4.69) is 25.6 Å². The molecule has 2 N–H and O–H groups in total. The van der Waals surface area contributed by atoms with Gasteiger partial charge < -0.3 is 39.0 Å². The Morgan fingerprint density at radius 1 is 0.623 bits per heavy atom. The molecule has 0 radical (unpaired) electrons. The van der Waals surface area contributed by atoms with Gasteiger partial charge in [-0.25, -0.2) is 0 Å². The molecule has 4 atom stereocenters. The van der Waals surface area contributed by atoms with Crippen molar-refractivity contribution in [2.24, 2.45) is 0 Å². The molecule has 1 saturated heterocycles. The molecule has 0 bridgehead atoms. The monoisotopic (exact) mass is 1110 g/mol. The largest absolute Gasteiger partial charge is 0.497 e. The Labute approximate surface area is 437 Å². The van der Waals surface area contributed by atoms with Crippen molar-refractivity contribution in [3.63, 3.8) is 0 Å². The maximum Gasteiger partial charge on any atom is 0.461 e. The summed E-state index contributed by atoms with van der Waals surface area (Å²) in [4.78, 5) is 1.37. The van der Waals surface area contributed by atoms with Gasteiger partial charge in [0.05, 0.1) is 39.5 Å². The van der Waals surface area contributed by atoms with E-state index in [1.54, 1.807) is 43.5 Å². The summed E-state index contributed by atoms with van der Waals surface area (Å²) in [5.41, 5.74) is 7.92. The van der Waals surface area contributed by atoms with Gasteiger partial charge in [-0.15, -0.1) is 0 Å². The number of hydrogen-bond acceptors (Lipinski definition) is 8. The third-order valence-electron chi connectivity index (χ3n) is 12.4. The highest BCUT2D eigenvalue weighted by Gasteiger charge is 2.49. The normalized spacial score (nSPS) is 17.5. The lowest BCUT2D eigenvalue weighted by Crippen LogP contribution is -2.44. The average molecular weight is 1110 g/mol. The van der Waals surface area contributed by atoms with Crippen LogP contribution in [0.1, 0.15) is 57.6 Å². The summed E-state index contributed by atoms with van der Waals surface area (Å²) >= 11 is 0. The summed E-state index contributed by atoms with van der Waals surface area (Å²) < 4.78 is 210. The van der Waals surface area contributed by atoms with Crippen LogP contribution in [0.5, 0.6) is 23.0 Å². The van der Waals surface area contributed by atoms with Crippen molar-refractivity contribution < 1.29 is 93.2 Å². The number of rotatable bonds is 14. The van der Waals surface area contributed by atoms with Gasteiger partial charge >= 0.3 is 37.4 Å². The zero-order chi connectivity index (χ0) is 57.2. The van der Waals surface area contributed by atoms with Crippen LogP contribution in [-0.4, -0.2) is 82.1 Å². The van der Waals surface area contributed by atoms with Gasteiger partial charge in [-0.3, -0.25) is 0 Å². The number of benzene rings is 6. The van der Waals surface area contributed by atoms with Crippen LogP contribution in [0.15, 0.2) is 133 Å². The van der Waals surface area contributed by atoms with Gasteiger partial charge in [0.15, 0.2) is 12.2 Å². The topological polar surface area (TPSA) is 85.0 Å². The molecule has 8 nitrogen and oxygen atoms in total. The molecule has 0 aliphatic carbocycles. The molecule has 22 heteroatoms. The zero-order valence-electron chi connectivity index (χ0n) is 42.1. The van der Waals surface area contributed by atoms with Crippen molar-refractivity contribution in [2.45, 2.75) is 94.8 Å². The number of fused-ring (bicyclic) bond motifs is 2. The first-order valence-electron chi connectivity index (χ1n) is 24.3. The molecule has 0 spiro atoms. The summed E-state index contributed by atoms with van der Waals surface area (Å²) in [5.74, 6) is 0.519. The Kier molecular flexibility index (Phi) is 18.4. The number of β-amino-alcohol motifs (C(OH)–C–C–N with tert-alkyl or cyclic N) is 1. The van der Waals surface area contributed by atoms with E-state index < -0.39 is 68.0 Å². The van der Waals surface area contributed by atoms with E-state index in [1.165, 1.54) is 42.3 Å². The second-order valence-corrected chi connectivity index (χ2v) is 17.5. The van der Waals surface area contributed by atoms with Gasteiger partial charge in [0, 0.05) is 14.3 Å². The number of alkyl halides is 14. The van der Waals surface area contributed by atoms with E-state index in [1.807, 2.05) is 48.5 Å². The third kappa shape index (κ3) is 15.0. The molecule has 3 heterocycles. The van der Waals surface area contributed by atoms with Crippen LogP contribution in [-0.2, 0) is 17.6 Å². The van der Waals surface area contributed by atoms with Crippen molar-refractivity contribution in [1.82, 2.24) is 0 Å². The van der Waals surface area contributed by atoms with Crippen LogP contribution in [0.3, 0.4) is 0 Å². The number of anilines is 2.